The number of ether oxygens (including phenoxy) is 1. The highest BCUT2D eigenvalue weighted by Gasteiger charge is 2.39. The molecule has 1 N–H and O–H groups in total. The van der Waals surface area contributed by atoms with Crippen LogP contribution in [-0.4, -0.2) is 33.9 Å². The van der Waals surface area contributed by atoms with Crippen LogP contribution < -0.4 is 10.1 Å². The number of benzene rings is 1. The number of para-hydroxylation sites is 1. The number of rotatable bonds is 4. The van der Waals surface area contributed by atoms with Gasteiger partial charge in [-0.25, -0.2) is 8.42 Å². The predicted molar refractivity (Wildman–Crippen MR) is 79.8 cm³/mol. The Balaban J connectivity index is 2.42. The molecule has 0 aliphatic heterocycles. The first-order valence-corrected chi connectivity index (χ1v) is 8.59. The van der Waals surface area contributed by atoms with Gasteiger partial charge in [-0.2, -0.15) is 0 Å². The van der Waals surface area contributed by atoms with Crippen molar-refractivity contribution in [2.45, 2.75) is 42.4 Å². The van der Waals surface area contributed by atoms with Crippen LogP contribution in [0.15, 0.2) is 29.2 Å². The lowest BCUT2D eigenvalue weighted by atomic mass is 9.87. The number of nitrogens with one attached hydrogen (secondary N) is 1. The Morgan fingerprint density at radius 3 is 2.60 bits per heavy atom. The highest BCUT2D eigenvalue weighted by Crippen LogP contribution is 2.35. The lowest BCUT2D eigenvalue weighted by Gasteiger charge is -2.34. The maximum absolute atomic E-state index is 13.0. The fourth-order valence-electron chi connectivity index (χ4n) is 3.02. The third kappa shape index (κ3) is 2.83. The van der Waals surface area contributed by atoms with Crippen molar-refractivity contribution in [3.63, 3.8) is 0 Å². The van der Waals surface area contributed by atoms with Gasteiger partial charge >= 0.3 is 0 Å². The van der Waals surface area contributed by atoms with Crippen molar-refractivity contribution in [2.75, 3.05) is 14.2 Å². The molecule has 1 aromatic carbocycles. The highest BCUT2D eigenvalue weighted by molar-refractivity contribution is 7.92. The van der Waals surface area contributed by atoms with Gasteiger partial charge in [0.1, 0.15) is 10.6 Å². The summed E-state index contributed by atoms with van der Waals surface area (Å²) in [5.74, 6) is 0.870. The molecule has 1 aliphatic carbocycles. The van der Waals surface area contributed by atoms with Gasteiger partial charge in [0.25, 0.3) is 0 Å². The summed E-state index contributed by atoms with van der Waals surface area (Å²) in [7, 11) is -0.0404. The normalized spacial score (nSPS) is 27.2. The molecule has 0 bridgehead atoms. The van der Waals surface area contributed by atoms with Gasteiger partial charge in [-0.1, -0.05) is 19.1 Å². The fraction of sp³-hybridized carbons (Fsp3) is 0.600. The van der Waals surface area contributed by atoms with Crippen molar-refractivity contribution in [1.82, 2.24) is 5.32 Å². The third-order valence-corrected chi connectivity index (χ3v) is 6.47. The van der Waals surface area contributed by atoms with Gasteiger partial charge in [-0.3, -0.25) is 0 Å². The van der Waals surface area contributed by atoms with E-state index in [9.17, 15) is 8.42 Å². The van der Waals surface area contributed by atoms with Crippen LogP contribution in [0.25, 0.3) is 0 Å². The standard InChI is InChI=1S/C15H23NO3S/c1-11-8-9-12(16-2)15(10-11)20(17,18)14-7-5-4-6-13(14)19-3/h4-7,11-12,15-16H,8-10H2,1-3H3. The zero-order chi connectivity index (χ0) is 14.8. The van der Waals surface area contributed by atoms with E-state index in [2.05, 4.69) is 12.2 Å². The van der Waals surface area contributed by atoms with Crippen molar-refractivity contribution >= 4 is 9.84 Å². The summed E-state index contributed by atoms with van der Waals surface area (Å²) in [6.45, 7) is 2.12. The van der Waals surface area contributed by atoms with Crippen molar-refractivity contribution in [1.29, 1.82) is 0 Å². The van der Waals surface area contributed by atoms with Crippen molar-refractivity contribution in [3.05, 3.63) is 24.3 Å². The second-order valence-corrected chi connectivity index (χ2v) is 7.68. The quantitative estimate of drug-likeness (QED) is 0.926. The number of methoxy groups -OCH3 is 1. The Bertz CT molecular complexity index is 556. The van der Waals surface area contributed by atoms with Gasteiger partial charge in [-0.15, -0.1) is 0 Å². The van der Waals surface area contributed by atoms with Gasteiger partial charge in [0.05, 0.1) is 12.4 Å². The molecule has 20 heavy (non-hydrogen) atoms. The molecule has 3 unspecified atom stereocenters. The van der Waals surface area contributed by atoms with Crippen LogP contribution in [0.2, 0.25) is 0 Å². The van der Waals surface area contributed by atoms with E-state index in [1.165, 1.54) is 7.11 Å². The molecule has 1 aromatic rings. The molecule has 1 saturated carbocycles. The van der Waals surface area contributed by atoms with E-state index in [0.717, 1.165) is 12.8 Å². The Morgan fingerprint density at radius 2 is 1.95 bits per heavy atom. The Kier molecular flexibility index (Phi) is 4.70. The second-order valence-electron chi connectivity index (χ2n) is 5.55. The fourth-order valence-corrected chi connectivity index (χ4v) is 5.33. The van der Waals surface area contributed by atoms with Gasteiger partial charge in [-0.05, 0) is 44.4 Å². The van der Waals surface area contributed by atoms with E-state index in [1.807, 2.05) is 7.05 Å². The summed E-state index contributed by atoms with van der Waals surface area (Å²) in [5, 5.41) is 2.79. The first-order chi connectivity index (χ1) is 9.50. The first-order valence-electron chi connectivity index (χ1n) is 7.05. The zero-order valence-corrected chi connectivity index (χ0v) is 13.1. The van der Waals surface area contributed by atoms with Crippen LogP contribution in [-0.2, 0) is 9.84 Å². The Hall–Kier alpha value is -1.07. The minimum absolute atomic E-state index is 0.0149. The molecule has 2 rings (SSSR count). The molecule has 0 radical (unpaired) electrons. The van der Waals surface area contributed by atoms with Crippen molar-refractivity contribution in [2.24, 2.45) is 5.92 Å². The van der Waals surface area contributed by atoms with Crippen molar-refractivity contribution < 1.29 is 13.2 Å². The van der Waals surface area contributed by atoms with E-state index in [-0.39, 0.29) is 11.3 Å². The monoisotopic (exact) mass is 297 g/mol. The van der Waals surface area contributed by atoms with E-state index < -0.39 is 9.84 Å². The smallest absolute Gasteiger partial charge is 0.186 e. The Morgan fingerprint density at radius 1 is 1.25 bits per heavy atom. The average molecular weight is 297 g/mol. The molecule has 1 aliphatic rings. The van der Waals surface area contributed by atoms with Gasteiger partial charge in [0.2, 0.25) is 0 Å². The molecular weight excluding hydrogens is 274 g/mol. The molecule has 5 heteroatoms. The SMILES string of the molecule is CNC1CCC(C)CC1S(=O)(=O)c1ccccc1OC. The summed E-state index contributed by atoms with van der Waals surface area (Å²) in [6, 6.07) is 6.89. The molecule has 0 amide bonds. The van der Waals surface area contributed by atoms with E-state index >= 15 is 0 Å². The lowest BCUT2D eigenvalue weighted by Crippen LogP contribution is -2.46. The third-order valence-electron chi connectivity index (χ3n) is 4.20. The summed E-state index contributed by atoms with van der Waals surface area (Å²) >= 11 is 0. The van der Waals surface area contributed by atoms with Crippen molar-refractivity contribution in [3.8, 4) is 5.75 Å². The second kappa shape index (κ2) is 6.14. The molecule has 0 spiro atoms. The van der Waals surface area contributed by atoms with Crippen LogP contribution in [0.5, 0.6) is 5.75 Å². The predicted octanol–water partition coefficient (Wildman–Crippen LogP) is 2.25. The van der Waals surface area contributed by atoms with Gasteiger partial charge in [0, 0.05) is 6.04 Å². The van der Waals surface area contributed by atoms with Crippen LogP contribution in [0.4, 0.5) is 0 Å². The largest absolute Gasteiger partial charge is 0.495 e. The van der Waals surface area contributed by atoms with Crippen LogP contribution in [0.3, 0.4) is 0 Å². The highest BCUT2D eigenvalue weighted by atomic mass is 32.2. The molecule has 0 saturated heterocycles. The minimum Gasteiger partial charge on any atom is -0.495 e. The Labute approximate surface area is 121 Å². The van der Waals surface area contributed by atoms with E-state index in [1.54, 1.807) is 24.3 Å². The molecule has 0 heterocycles. The number of sulfone groups is 1. The average Bonchev–Trinajstić information content (AvgIpc) is 2.47. The summed E-state index contributed by atoms with van der Waals surface area (Å²) < 4.78 is 31.1. The zero-order valence-electron chi connectivity index (χ0n) is 12.3. The van der Waals surface area contributed by atoms with Crippen LogP contribution >= 0.6 is 0 Å². The summed E-state index contributed by atoms with van der Waals surface area (Å²) in [4.78, 5) is 0.307. The first kappa shape index (κ1) is 15.3. The summed E-state index contributed by atoms with van der Waals surface area (Å²) in [6.07, 6.45) is 2.67. The van der Waals surface area contributed by atoms with Crippen LogP contribution in [0, 0.1) is 5.92 Å². The number of hydrogen-bond donors (Lipinski definition) is 1. The molecule has 0 aromatic heterocycles. The maximum atomic E-state index is 13.0. The van der Waals surface area contributed by atoms with Gasteiger partial charge < -0.3 is 10.1 Å². The molecule has 1 fully saturated rings. The van der Waals surface area contributed by atoms with E-state index in [4.69, 9.17) is 4.74 Å². The molecule has 4 nitrogen and oxygen atoms in total. The molecule has 3 atom stereocenters. The maximum Gasteiger partial charge on any atom is 0.186 e. The molecular formula is C15H23NO3S. The minimum atomic E-state index is -3.39. The summed E-state index contributed by atoms with van der Waals surface area (Å²) in [5.41, 5.74) is 0. The van der Waals surface area contributed by atoms with Gasteiger partial charge in [0.15, 0.2) is 9.84 Å². The topological polar surface area (TPSA) is 55.4 Å². The number of hydrogen-bond acceptors (Lipinski definition) is 4. The van der Waals surface area contributed by atoms with Crippen LogP contribution in [0.1, 0.15) is 26.2 Å². The lowest BCUT2D eigenvalue weighted by molar-refractivity contribution is 0.318. The molecule has 112 valence electrons. The van der Waals surface area contributed by atoms with E-state index in [0.29, 0.717) is 23.0 Å².